The van der Waals surface area contributed by atoms with E-state index in [-0.39, 0.29) is 12.2 Å². The molecule has 0 aliphatic carbocycles. The number of halogens is 2. The molecule has 2 amide bonds. The average molecular weight is 610 g/mol. The topological polar surface area (TPSA) is 102 Å². The van der Waals surface area contributed by atoms with Crippen LogP contribution >= 0.6 is 22.6 Å². The van der Waals surface area contributed by atoms with E-state index in [2.05, 4.69) is 48.7 Å². The van der Waals surface area contributed by atoms with Crippen molar-refractivity contribution in [2.75, 3.05) is 5.32 Å². The van der Waals surface area contributed by atoms with E-state index >= 15 is 0 Å². The zero-order chi connectivity index (χ0) is 26.2. The quantitative estimate of drug-likeness (QED) is 0.166. The highest BCUT2D eigenvalue weighted by Gasteiger charge is 2.21. The van der Waals surface area contributed by atoms with Crippen molar-refractivity contribution >= 4 is 46.2 Å². The number of rotatable bonds is 9. The van der Waals surface area contributed by atoms with Gasteiger partial charge in [0.05, 0.1) is 5.69 Å². The fraction of sp³-hybridized carbons (Fsp3) is 0.148. The number of aryl methyl sites for hydroxylation is 1. The van der Waals surface area contributed by atoms with E-state index in [0.717, 1.165) is 21.1 Å². The lowest BCUT2D eigenvalue weighted by Crippen LogP contribution is -2.44. The van der Waals surface area contributed by atoms with Crippen LogP contribution in [-0.2, 0) is 20.4 Å². The zero-order valence-electron chi connectivity index (χ0n) is 19.9. The van der Waals surface area contributed by atoms with Crippen molar-refractivity contribution in [1.82, 2.24) is 25.5 Å². The number of tetrazole rings is 1. The number of carbonyl (C=O) groups excluding carboxylic acids is 2. The lowest BCUT2D eigenvalue weighted by molar-refractivity contribution is -0.123. The van der Waals surface area contributed by atoms with Gasteiger partial charge in [-0.3, -0.25) is 9.59 Å². The van der Waals surface area contributed by atoms with E-state index < -0.39 is 17.9 Å². The summed E-state index contributed by atoms with van der Waals surface area (Å²) in [6.45, 7) is 1.62. The first-order valence-electron chi connectivity index (χ1n) is 11.4. The van der Waals surface area contributed by atoms with Crippen LogP contribution in [-0.4, -0.2) is 38.1 Å². The third-order valence-corrected chi connectivity index (χ3v) is 6.48. The number of hydrogen-bond donors (Lipinski definition) is 2. The normalized spacial score (nSPS) is 11.9. The summed E-state index contributed by atoms with van der Waals surface area (Å²) in [6.07, 6.45) is 4.82. The number of amides is 2. The molecule has 2 N–H and O–H groups in total. The maximum atomic E-state index is 13.7. The monoisotopic (exact) mass is 610 g/mol. The zero-order valence-corrected chi connectivity index (χ0v) is 22.1. The molecule has 0 radical (unpaired) electrons. The van der Waals surface area contributed by atoms with Crippen LogP contribution in [0.5, 0.6) is 0 Å². The number of nitrogens with one attached hydrogen (secondary N) is 2. The predicted molar refractivity (Wildman–Crippen MR) is 148 cm³/mol. The predicted octanol–water partition coefficient (Wildman–Crippen LogP) is 4.42. The van der Waals surface area contributed by atoms with Gasteiger partial charge in [0, 0.05) is 28.2 Å². The van der Waals surface area contributed by atoms with E-state index in [1.54, 1.807) is 19.1 Å². The summed E-state index contributed by atoms with van der Waals surface area (Å²) in [5.74, 6) is -1.20. The molecule has 4 aromatic rings. The Kier molecular flexibility index (Phi) is 8.72. The van der Waals surface area contributed by atoms with Gasteiger partial charge in [0.15, 0.2) is 0 Å². The SMILES string of the molecule is Cc1cc(NC(=O)[C@H](Cc2ccccc2)NC(=O)/C=C/c2cc(CI)ccc2-n2cnnn2)ccc1F. The highest BCUT2D eigenvalue weighted by Crippen LogP contribution is 2.19. The van der Waals surface area contributed by atoms with Gasteiger partial charge in [0.1, 0.15) is 18.2 Å². The van der Waals surface area contributed by atoms with E-state index in [1.807, 2.05) is 48.5 Å². The van der Waals surface area contributed by atoms with Crippen molar-refractivity contribution in [3.63, 3.8) is 0 Å². The number of aromatic nitrogens is 4. The van der Waals surface area contributed by atoms with E-state index in [1.165, 1.54) is 29.2 Å². The lowest BCUT2D eigenvalue weighted by atomic mass is 10.0. The number of alkyl halides is 1. The van der Waals surface area contributed by atoms with Crippen LogP contribution < -0.4 is 10.6 Å². The molecule has 3 aromatic carbocycles. The average Bonchev–Trinajstić information content (AvgIpc) is 3.44. The third-order valence-electron chi connectivity index (χ3n) is 5.60. The van der Waals surface area contributed by atoms with Crippen molar-refractivity contribution in [2.24, 2.45) is 0 Å². The Morgan fingerprint density at radius 2 is 1.89 bits per heavy atom. The summed E-state index contributed by atoms with van der Waals surface area (Å²) in [4.78, 5) is 26.1. The van der Waals surface area contributed by atoms with Crippen molar-refractivity contribution in [3.8, 4) is 5.69 Å². The first kappa shape index (κ1) is 26.1. The molecule has 1 aromatic heterocycles. The van der Waals surface area contributed by atoms with Crippen LogP contribution in [0.4, 0.5) is 10.1 Å². The standard InChI is InChI=1S/C27H24FIN6O2/c1-18-13-22(9-10-23(18)28)31-27(37)24(15-19-5-3-2-4-6-19)32-26(36)12-8-21-14-20(16-29)7-11-25(21)35-17-30-33-34-35/h2-14,17,24H,15-16H2,1H3,(H,31,37)(H,32,36)/b12-8+/t24-/m0/s1. The molecule has 10 heteroatoms. The second-order valence-electron chi connectivity index (χ2n) is 8.32. The molecule has 0 fully saturated rings. The number of nitrogens with zero attached hydrogens (tertiary/aromatic N) is 4. The number of anilines is 1. The Hall–Kier alpha value is -3.93. The smallest absolute Gasteiger partial charge is 0.247 e. The van der Waals surface area contributed by atoms with Crippen LogP contribution in [0.1, 0.15) is 22.3 Å². The molecule has 1 atom stereocenters. The first-order chi connectivity index (χ1) is 17.9. The van der Waals surface area contributed by atoms with Crippen LogP contribution in [0, 0.1) is 12.7 Å². The van der Waals surface area contributed by atoms with Crippen molar-refractivity contribution in [2.45, 2.75) is 23.8 Å². The molecular weight excluding hydrogens is 586 g/mol. The van der Waals surface area contributed by atoms with Crippen LogP contribution in [0.15, 0.2) is 79.1 Å². The molecule has 0 aliphatic heterocycles. The Morgan fingerprint density at radius 1 is 1.08 bits per heavy atom. The van der Waals surface area contributed by atoms with Gasteiger partial charge in [-0.15, -0.1) is 5.10 Å². The second kappa shape index (κ2) is 12.3. The maximum Gasteiger partial charge on any atom is 0.247 e. The van der Waals surface area contributed by atoms with Gasteiger partial charge in [-0.2, -0.15) is 4.68 Å². The summed E-state index contributed by atoms with van der Waals surface area (Å²) >= 11 is 2.27. The molecule has 0 bridgehead atoms. The first-order valence-corrected chi connectivity index (χ1v) is 13.0. The molecular formula is C27H24FIN6O2. The third kappa shape index (κ3) is 7.06. The van der Waals surface area contributed by atoms with E-state index in [0.29, 0.717) is 16.9 Å². The molecule has 37 heavy (non-hydrogen) atoms. The van der Waals surface area contributed by atoms with E-state index in [9.17, 15) is 14.0 Å². The highest BCUT2D eigenvalue weighted by atomic mass is 127. The van der Waals surface area contributed by atoms with Crippen LogP contribution in [0.3, 0.4) is 0 Å². The second-order valence-corrected chi connectivity index (χ2v) is 9.08. The van der Waals surface area contributed by atoms with Crippen LogP contribution in [0.2, 0.25) is 0 Å². The maximum absolute atomic E-state index is 13.7. The Morgan fingerprint density at radius 3 is 2.59 bits per heavy atom. The van der Waals surface area contributed by atoms with E-state index in [4.69, 9.17) is 0 Å². The summed E-state index contributed by atoms with van der Waals surface area (Å²) in [7, 11) is 0. The number of carbonyl (C=O) groups is 2. The van der Waals surface area contributed by atoms with Gasteiger partial charge >= 0.3 is 0 Å². The molecule has 0 saturated carbocycles. The van der Waals surface area contributed by atoms with Gasteiger partial charge in [-0.05, 0) is 70.4 Å². The summed E-state index contributed by atoms with van der Waals surface area (Å²) in [6, 6.07) is 18.7. The number of benzene rings is 3. The lowest BCUT2D eigenvalue weighted by Gasteiger charge is -2.18. The summed E-state index contributed by atoms with van der Waals surface area (Å²) in [5, 5.41) is 16.9. The van der Waals surface area contributed by atoms with Crippen molar-refractivity contribution in [1.29, 1.82) is 0 Å². The molecule has 0 spiro atoms. The molecule has 1 heterocycles. The fourth-order valence-corrected chi connectivity index (χ4v) is 4.17. The minimum absolute atomic E-state index is 0.284. The highest BCUT2D eigenvalue weighted by molar-refractivity contribution is 14.1. The van der Waals surface area contributed by atoms with Gasteiger partial charge in [0.2, 0.25) is 11.8 Å². The molecule has 188 valence electrons. The molecule has 4 rings (SSSR count). The summed E-state index contributed by atoms with van der Waals surface area (Å²) < 4.78 is 16.0. The number of hydrogen-bond acceptors (Lipinski definition) is 5. The molecule has 0 aliphatic rings. The van der Waals surface area contributed by atoms with Crippen molar-refractivity contribution in [3.05, 3.63) is 107 Å². The Labute approximate surface area is 227 Å². The Balaban J connectivity index is 1.54. The largest absolute Gasteiger partial charge is 0.340 e. The fourth-order valence-electron chi connectivity index (χ4n) is 3.70. The van der Waals surface area contributed by atoms with Gasteiger partial charge in [0.25, 0.3) is 0 Å². The molecule has 0 unspecified atom stereocenters. The summed E-state index contributed by atoms with van der Waals surface area (Å²) in [5.41, 5.74) is 4.30. The van der Waals surface area contributed by atoms with Crippen molar-refractivity contribution < 1.29 is 14.0 Å². The van der Waals surface area contributed by atoms with Gasteiger partial charge in [-0.25, -0.2) is 4.39 Å². The minimum Gasteiger partial charge on any atom is -0.340 e. The van der Waals surface area contributed by atoms with Crippen LogP contribution in [0.25, 0.3) is 11.8 Å². The minimum atomic E-state index is -0.857. The Bertz CT molecular complexity index is 1410. The molecule has 0 saturated heterocycles. The molecule has 8 nitrogen and oxygen atoms in total. The van der Waals surface area contributed by atoms with Gasteiger partial charge < -0.3 is 10.6 Å². The van der Waals surface area contributed by atoms with Gasteiger partial charge in [-0.1, -0.05) is 59.0 Å².